The maximum Gasteiger partial charge on any atom is 0.195 e. The highest BCUT2D eigenvalue weighted by molar-refractivity contribution is 5.97. The zero-order valence-electron chi connectivity index (χ0n) is 9.11. The van der Waals surface area contributed by atoms with Crippen LogP contribution in [0.4, 0.5) is 0 Å². The van der Waals surface area contributed by atoms with E-state index >= 15 is 0 Å². The fourth-order valence-electron chi connectivity index (χ4n) is 0.752. The molecule has 0 unspecified atom stereocenters. The second-order valence-corrected chi connectivity index (χ2v) is 3.34. The summed E-state index contributed by atoms with van der Waals surface area (Å²) < 4.78 is 0. The van der Waals surface area contributed by atoms with Crippen LogP contribution >= 0.6 is 12.4 Å². The Labute approximate surface area is 91.5 Å². The topological polar surface area (TPSA) is 88.8 Å². The summed E-state index contributed by atoms with van der Waals surface area (Å²) in [5.41, 5.74) is 11.1. The molecule has 0 saturated heterocycles. The first-order chi connectivity index (χ1) is 5.91. The summed E-state index contributed by atoms with van der Waals surface area (Å²) in [5, 5.41) is 2.70. The van der Waals surface area contributed by atoms with Crippen LogP contribution in [-0.4, -0.2) is 24.0 Å². The van der Waals surface area contributed by atoms with Crippen LogP contribution in [0.5, 0.6) is 0 Å². The van der Waals surface area contributed by atoms with Crippen molar-refractivity contribution in [2.24, 2.45) is 21.5 Å². The second kappa shape index (κ2) is 7.44. The molecule has 0 aliphatic heterocycles. The minimum atomic E-state index is 0. The lowest BCUT2D eigenvalue weighted by Crippen LogP contribution is -2.42. The molecule has 5 N–H and O–H groups in total. The van der Waals surface area contributed by atoms with Gasteiger partial charge in [-0.05, 0) is 27.7 Å². The molecule has 5 nitrogen and oxygen atoms in total. The summed E-state index contributed by atoms with van der Waals surface area (Å²) in [7, 11) is 0. The fraction of sp³-hybridized carbons (Fsp3) is 0.750. The molecule has 0 spiro atoms. The summed E-state index contributed by atoms with van der Waals surface area (Å²) in [4.78, 5) is 8.09. The maximum atomic E-state index is 5.53. The molecule has 0 radical (unpaired) electrons. The summed E-state index contributed by atoms with van der Waals surface area (Å²) in [6, 6.07) is 0.304. The van der Waals surface area contributed by atoms with Crippen molar-refractivity contribution in [2.75, 3.05) is 0 Å². The molecule has 0 aliphatic rings. The van der Waals surface area contributed by atoms with Gasteiger partial charge in [-0.25, -0.2) is 0 Å². The smallest absolute Gasteiger partial charge is 0.195 e. The van der Waals surface area contributed by atoms with Gasteiger partial charge >= 0.3 is 0 Å². The van der Waals surface area contributed by atoms with Crippen molar-refractivity contribution in [2.45, 2.75) is 39.8 Å². The van der Waals surface area contributed by atoms with Gasteiger partial charge in [-0.2, -0.15) is 0 Å². The van der Waals surface area contributed by atoms with Crippen LogP contribution in [0.3, 0.4) is 0 Å². The van der Waals surface area contributed by atoms with E-state index in [1.807, 2.05) is 27.7 Å². The molecule has 6 heteroatoms. The molecule has 14 heavy (non-hydrogen) atoms. The third-order valence-corrected chi connectivity index (χ3v) is 1.05. The lowest BCUT2D eigenvalue weighted by molar-refractivity contribution is 0.816. The van der Waals surface area contributed by atoms with Crippen LogP contribution in [0.1, 0.15) is 27.7 Å². The Bertz CT molecular complexity index is 188. The Morgan fingerprint density at radius 3 is 1.43 bits per heavy atom. The molecule has 0 amide bonds. The number of rotatable bonds is 2. The molecule has 84 valence electrons. The van der Waals surface area contributed by atoms with Crippen LogP contribution in [0.15, 0.2) is 9.98 Å². The Morgan fingerprint density at radius 1 is 0.929 bits per heavy atom. The van der Waals surface area contributed by atoms with Gasteiger partial charge in [0.05, 0.1) is 0 Å². The van der Waals surface area contributed by atoms with Gasteiger partial charge in [0.15, 0.2) is 11.9 Å². The van der Waals surface area contributed by atoms with Gasteiger partial charge < -0.3 is 11.5 Å². The first-order valence-electron chi connectivity index (χ1n) is 4.35. The van der Waals surface area contributed by atoms with E-state index in [4.69, 9.17) is 11.5 Å². The average molecular weight is 222 g/mol. The number of nitrogens with one attached hydrogen (secondary N) is 1. The van der Waals surface area contributed by atoms with Gasteiger partial charge in [0.2, 0.25) is 0 Å². The van der Waals surface area contributed by atoms with Crippen molar-refractivity contribution >= 4 is 24.3 Å². The third kappa shape index (κ3) is 9.12. The predicted octanol–water partition coefficient (Wildman–Crippen LogP) is 0.444. The minimum Gasteiger partial charge on any atom is -0.370 e. The number of hydrogen-bond acceptors (Lipinski definition) is 2. The molecule has 0 bridgehead atoms. The lowest BCUT2D eigenvalue weighted by Gasteiger charge is -2.06. The molecule has 0 saturated carbocycles. The van der Waals surface area contributed by atoms with Gasteiger partial charge in [0.1, 0.15) is 0 Å². The monoisotopic (exact) mass is 221 g/mol. The van der Waals surface area contributed by atoms with Crippen molar-refractivity contribution in [1.29, 1.82) is 0 Å². The van der Waals surface area contributed by atoms with Crippen molar-refractivity contribution in [3.63, 3.8) is 0 Å². The van der Waals surface area contributed by atoms with E-state index in [0.29, 0.717) is 11.9 Å². The first-order valence-corrected chi connectivity index (χ1v) is 4.35. The maximum absolute atomic E-state index is 5.53. The molecule has 0 fully saturated rings. The number of nitrogens with two attached hydrogens (primary N) is 2. The average Bonchev–Trinajstić information content (AvgIpc) is 1.80. The Kier molecular flexibility index (Phi) is 8.23. The van der Waals surface area contributed by atoms with Crippen LogP contribution in [0.25, 0.3) is 0 Å². The Balaban J connectivity index is 0. The highest BCUT2D eigenvalue weighted by Crippen LogP contribution is 1.85. The van der Waals surface area contributed by atoms with Crippen LogP contribution in [-0.2, 0) is 0 Å². The van der Waals surface area contributed by atoms with Gasteiger partial charge in [-0.15, -0.1) is 12.4 Å². The molecule has 0 aromatic heterocycles. The highest BCUT2D eigenvalue weighted by atomic mass is 35.5. The number of nitrogens with zero attached hydrogens (tertiary/aromatic N) is 2. The SMILES string of the molecule is CC(C)N=C(N)NC(N)=NC(C)C.Cl. The van der Waals surface area contributed by atoms with E-state index in [1.165, 1.54) is 0 Å². The summed E-state index contributed by atoms with van der Waals surface area (Å²) in [6.45, 7) is 7.74. The number of hydrogen-bond donors (Lipinski definition) is 3. The largest absolute Gasteiger partial charge is 0.370 e. The van der Waals surface area contributed by atoms with Crippen LogP contribution in [0, 0.1) is 0 Å². The van der Waals surface area contributed by atoms with E-state index in [2.05, 4.69) is 15.3 Å². The molecule has 0 aliphatic carbocycles. The third-order valence-electron chi connectivity index (χ3n) is 1.05. The first kappa shape index (κ1) is 15.5. The normalized spacial score (nSPS) is 13.0. The summed E-state index contributed by atoms with van der Waals surface area (Å²) in [5.74, 6) is 0.605. The molecule has 0 atom stereocenters. The molecular weight excluding hydrogens is 202 g/mol. The van der Waals surface area contributed by atoms with Crippen molar-refractivity contribution < 1.29 is 0 Å². The number of halogens is 1. The van der Waals surface area contributed by atoms with E-state index < -0.39 is 0 Å². The standard InChI is InChI=1S/C8H19N5.ClH/c1-5(2)11-7(9)13-8(10)12-6(3)4;/h5-6H,1-4H3,(H5,9,10,11,12,13);1H. The molecule has 0 rings (SSSR count). The van der Waals surface area contributed by atoms with Crippen molar-refractivity contribution in [1.82, 2.24) is 5.32 Å². The fourth-order valence-corrected chi connectivity index (χ4v) is 0.752. The van der Waals surface area contributed by atoms with Gasteiger partial charge in [-0.1, -0.05) is 0 Å². The number of guanidine groups is 2. The van der Waals surface area contributed by atoms with Crippen LogP contribution < -0.4 is 16.8 Å². The Hall–Kier alpha value is -0.970. The molecule has 0 aromatic carbocycles. The van der Waals surface area contributed by atoms with E-state index in [1.54, 1.807) is 0 Å². The molecule has 0 aromatic rings. The van der Waals surface area contributed by atoms with Crippen molar-refractivity contribution in [3.8, 4) is 0 Å². The molecular formula is C8H20ClN5. The van der Waals surface area contributed by atoms with Crippen molar-refractivity contribution in [3.05, 3.63) is 0 Å². The van der Waals surface area contributed by atoms with E-state index in [0.717, 1.165) is 0 Å². The van der Waals surface area contributed by atoms with E-state index in [-0.39, 0.29) is 24.5 Å². The predicted molar refractivity (Wildman–Crippen MR) is 63.9 cm³/mol. The quantitative estimate of drug-likeness (QED) is 0.467. The zero-order valence-corrected chi connectivity index (χ0v) is 9.93. The van der Waals surface area contributed by atoms with Gasteiger partial charge in [-0.3, -0.25) is 15.3 Å². The number of aliphatic imine (C=N–C) groups is 2. The lowest BCUT2D eigenvalue weighted by atomic mass is 10.4. The highest BCUT2D eigenvalue weighted by Gasteiger charge is 1.97. The van der Waals surface area contributed by atoms with Gasteiger partial charge in [0.25, 0.3) is 0 Å². The summed E-state index contributed by atoms with van der Waals surface area (Å²) >= 11 is 0. The Morgan fingerprint density at radius 2 is 1.21 bits per heavy atom. The zero-order chi connectivity index (χ0) is 10.4. The van der Waals surface area contributed by atoms with Crippen LogP contribution in [0.2, 0.25) is 0 Å². The van der Waals surface area contributed by atoms with Gasteiger partial charge in [0, 0.05) is 12.1 Å². The summed E-state index contributed by atoms with van der Waals surface area (Å²) in [6.07, 6.45) is 0. The minimum absolute atomic E-state index is 0. The second-order valence-electron chi connectivity index (χ2n) is 3.34. The molecule has 0 heterocycles. The van der Waals surface area contributed by atoms with E-state index in [9.17, 15) is 0 Å².